The molecule has 210 valence electrons. The Labute approximate surface area is 226 Å². The van der Waals surface area contributed by atoms with Crippen molar-refractivity contribution in [3.63, 3.8) is 0 Å². The third-order valence-corrected chi connectivity index (χ3v) is 10.9. The first-order chi connectivity index (χ1) is 17.9. The third-order valence-electron chi connectivity index (χ3n) is 10.9. The van der Waals surface area contributed by atoms with Gasteiger partial charge in [-0.2, -0.15) is 0 Å². The van der Waals surface area contributed by atoms with Gasteiger partial charge in [0.05, 0.1) is 11.7 Å². The van der Waals surface area contributed by atoms with E-state index in [1.54, 1.807) is 0 Å². The van der Waals surface area contributed by atoms with E-state index in [-0.39, 0.29) is 35.1 Å². The second-order valence-corrected chi connectivity index (χ2v) is 13.2. The lowest BCUT2D eigenvalue weighted by Crippen LogP contribution is -2.49. The number of carbonyl (C=O) groups excluding carboxylic acids is 2. The molecule has 0 amide bonds. The first-order valence-electron chi connectivity index (χ1n) is 14.6. The smallest absolute Gasteiger partial charge is 0.302 e. The molecule has 6 aliphatic rings. The van der Waals surface area contributed by atoms with Gasteiger partial charge in [-0.1, -0.05) is 32.4 Å². The molecule has 2 heterocycles. The third kappa shape index (κ3) is 4.28. The van der Waals surface area contributed by atoms with Crippen LogP contribution in [0.15, 0.2) is 22.8 Å². The summed E-state index contributed by atoms with van der Waals surface area (Å²) in [4.78, 5) is 34.8. The summed E-state index contributed by atoms with van der Waals surface area (Å²) in [5.41, 5.74) is 3.32. The Morgan fingerprint density at radius 1 is 1.18 bits per heavy atom. The quantitative estimate of drug-likeness (QED) is 0.372. The summed E-state index contributed by atoms with van der Waals surface area (Å²) >= 11 is 0. The Bertz CT molecular complexity index is 1070. The van der Waals surface area contributed by atoms with Crippen LogP contribution in [0.5, 0.6) is 0 Å². The summed E-state index contributed by atoms with van der Waals surface area (Å²) in [5, 5.41) is 11.2. The summed E-state index contributed by atoms with van der Waals surface area (Å²) in [6, 6.07) is 0.393. The molecule has 7 nitrogen and oxygen atoms in total. The van der Waals surface area contributed by atoms with Crippen molar-refractivity contribution < 1.29 is 29.0 Å². The van der Waals surface area contributed by atoms with Crippen LogP contribution >= 0.6 is 0 Å². The van der Waals surface area contributed by atoms with Gasteiger partial charge < -0.3 is 19.9 Å². The number of piperidine rings is 1. The number of hydrogen-bond acceptors (Lipinski definition) is 6. The number of rotatable bonds is 1. The Hall–Kier alpha value is -1.99. The maximum atomic E-state index is 14.3. The second kappa shape index (κ2) is 9.88. The number of fused-ring (bicyclic) bond motifs is 6. The number of ketones is 1. The standard InChI is InChI=1S/C29H41NO4.C2H4O2/c1-15-12-23-26(30-14-15)17(3)29(34-23)11-9-21-22-7-6-19-13-20(33-18(4)31)8-10-28(19,5)25(22)27(32)24(21)16(29)2;1-2(3)4/h6,15,17,20-23,25-26,30H,7-14H2,1-5H3;1H3,(H,3,4). The molecule has 0 bridgehead atoms. The van der Waals surface area contributed by atoms with Crippen LogP contribution in [0.2, 0.25) is 0 Å². The topological polar surface area (TPSA) is 102 Å². The van der Waals surface area contributed by atoms with E-state index < -0.39 is 5.97 Å². The maximum absolute atomic E-state index is 14.3. The zero-order chi connectivity index (χ0) is 27.6. The molecule has 0 radical (unpaired) electrons. The van der Waals surface area contributed by atoms with Gasteiger partial charge in [0, 0.05) is 43.7 Å². The van der Waals surface area contributed by atoms with Crippen LogP contribution in [0.4, 0.5) is 0 Å². The van der Waals surface area contributed by atoms with Crippen molar-refractivity contribution in [1.29, 1.82) is 0 Å². The van der Waals surface area contributed by atoms with Crippen LogP contribution in [0, 0.1) is 35.0 Å². The summed E-state index contributed by atoms with van der Waals surface area (Å²) in [7, 11) is 0. The largest absolute Gasteiger partial charge is 0.481 e. The van der Waals surface area contributed by atoms with E-state index in [0.717, 1.165) is 64.0 Å². The first-order valence-corrected chi connectivity index (χ1v) is 14.6. The fraction of sp³-hybridized carbons (Fsp3) is 0.774. The number of carboxylic acids is 1. The molecular formula is C31H45NO6. The summed E-state index contributed by atoms with van der Waals surface area (Å²) < 4.78 is 12.5. The average Bonchev–Trinajstić information content (AvgIpc) is 3.28. The highest BCUT2D eigenvalue weighted by molar-refractivity contribution is 6.02. The lowest BCUT2D eigenvalue weighted by Gasteiger charge is -2.48. The van der Waals surface area contributed by atoms with Crippen molar-refractivity contribution in [3.05, 3.63) is 22.8 Å². The number of nitrogens with one attached hydrogen (secondary N) is 1. The van der Waals surface area contributed by atoms with Crippen LogP contribution in [0.25, 0.3) is 0 Å². The molecule has 2 N–H and O–H groups in total. The van der Waals surface area contributed by atoms with Crippen molar-refractivity contribution in [2.45, 2.75) is 110 Å². The zero-order valence-electron chi connectivity index (χ0n) is 23.8. The van der Waals surface area contributed by atoms with E-state index in [4.69, 9.17) is 19.4 Å². The fourth-order valence-electron chi connectivity index (χ4n) is 9.25. The monoisotopic (exact) mass is 527 g/mol. The van der Waals surface area contributed by atoms with Gasteiger partial charge in [0.2, 0.25) is 0 Å². The molecule has 38 heavy (non-hydrogen) atoms. The predicted octanol–water partition coefficient (Wildman–Crippen LogP) is 4.84. The van der Waals surface area contributed by atoms with Crippen molar-refractivity contribution in [3.8, 4) is 0 Å². The summed E-state index contributed by atoms with van der Waals surface area (Å²) in [6.45, 7) is 12.8. The minimum atomic E-state index is -0.833. The van der Waals surface area contributed by atoms with E-state index in [2.05, 4.69) is 39.1 Å². The summed E-state index contributed by atoms with van der Waals surface area (Å²) in [5.74, 6) is 1.23. The van der Waals surface area contributed by atoms with Crippen molar-refractivity contribution in [1.82, 2.24) is 5.32 Å². The average molecular weight is 528 g/mol. The first kappa shape index (κ1) is 27.6. The number of ether oxygens (including phenoxy) is 2. The van der Waals surface area contributed by atoms with Crippen LogP contribution in [-0.4, -0.2) is 53.2 Å². The van der Waals surface area contributed by atoms with Crippen LogP contribution in [-0.2, 0) is 23.9 Å². The number of carbonyl (C=O) groups is 3. The van der Waals surface area contributed by atoms with E-state index in [1.807, 2.05) is 0 Å². The number of esters is 1. The van der Waals surface area contributed by atoms with E-state index in [9.17, 15) is 9.59 Å². The number of carboxylic acid groups (broad SMARTS) is 1. The maximum Gasteiger partial charge on any atom is 0.302 e. The highest BCUT2D eigenvalue weighted by Crippen LogP contribution is 2.63. The van der Waals surface area contributed by atoms with Crippen LogP contribution in [0.1, 0.15) is 86.5 Å². The van der Waals surface area contributed by atoms with Gasteiger partial charge in [0.1, 0.15) is 6.10 Å². The normalized spacial score (nSPS) is 45.2. The van der Waals surface area contributed by atoms with Gasteiger partial charge in [-0.3, -0.25) is 14.4 Å². The van der Waals surface area contributed by atoms with E-state index in [0.29, 0.717) is 35.5 Å². The molecular weight excluding hydrogens is 482 g/mol. The van der Waals surface area contributed by atoms with Crippen molar-refractivity contribution in [2.75, 3.05) is 6.54 Å². The SMILES string of the molecule is CC(=O)O.CC(=O)OC1CCC2(C)C(=CCC3C4CCC5(OC6CC(C)CNC6C5C)C(C)=C4C(=O)C32)C1. The molecule has 2 saturated carbocycles. The molecule has 10 atom stereocenters. The Kier molecular flexibility index (Phi) is 7.17. The lowest BCUT2D eigenvalue weighted by atomic mass is 9.56. The van der Waals surface area contributed by atoms with Gasteiger partial charge in [-0.05, 0) is 80.7 Å². The predicted molar refractivity (Wildman–Crippen MR) is 143 cm³/mol. The number of aliphatic carboxylic acids is 1. The van der Waals surface area contributed by atoms with Gasteiger partial charge in [0.25, 0.3) is 5.97 Å². The molecule has 0 aromatic rings. The van der Waals surface area contributed by atoms with Gasteiger partial charge >= 0.3 is 5.97 Å². The van der Waals surface area contributed by atoms with Crippen LogP contribution < -0.4 is 5.32 Å². The molecule has 2 aliphatic heterocycles. The van der Waals surface area contributed by atoms with Gasteiger partial charge in [-0.25, -0.2) is 0 Å². The van der Waals surface area contributed by atoms with E-state index >= 15 is 0 Å². The minimum absolute atomic E-state index is 0.0395. The number of hydrogen-bond donors (Lipinski definition) is 2. The molecule has 4 aliphatic carbocycles. The van der Waals surface area contributed by atoms with Crippen molar-refractivity contribution in [2.24, 2.45) is 35.0 Å². The molecule has 7 heteroatoms. The van der Waals surface area contributed by atoms with E-state index in [1.165, 1.54) is 18.1 Å². The second-order valence-electron chi connectivity index (χ2n) is 13.2. The molecule has 1 spiro atoms. The Balaban J connectivity index is 0.000000689. The molecule has 10 unspecified atom stereocenters. The number of allylic oxidation sites excluding steroid dienone is 2. The Morgan fingerprint density at radius 3 is 2.58 bits per heavy atom. The molecule has 6 rings (SSSR count). The molecule has 4 fully saturated rings. The van der Waals surface area contributed by atoms with Gasteiger partial charge in [0.15, 0.2) is 5.78 Å². The minimum Gasteiger partial charge on any atom is -0.481 e. The van der Waals surface area contributed by atoms with Gasteiger partial charge in [-0.15, -0.1) is 0 Å². The molecule has 0 aromatic carbocycles. The van der Waals surface area contributed by atoms with Crippen molar-refractivity contribution >= 4 is 17.7 Å². The fourth-order valence-corrected chi connectivity index (χ4v) is 9.25. The molecule has 2 saturated heterocycles. The summed E-state index contributed by atoms with van der Waals surface area (Å²) in [6.07, 6.45) is 9.37. The Morgan fingerprint density at radius 2 is 1.89 bits per heavy atom. The lowest BCUT2D eigenvalue weighted by molar-refractivity contribution is -0.148. The zero-order valence-corrected chi connectivity index (χ0v) is 23.8. The highest BCUT2D eigenvalue weighted by atomic mass is 16.5. The van der Waals surface area contributed by atoms with Crippen LogP contribution in [0.3, 0.4) is 0 Å². The number of Topliss-reactive ketones (excluding diaryl/α,β-unsaturated/α-hetero) is 1. The molecule has 0 aromatic heterocycles. The highest BCUT2D eigenvalue weighted by Gasteiger charge is 2.63.